The molecule has 2 heterocycles. The molecule has 2 aliphatic heterocycles. The van der Waals surface area contributed by atoms with E-state index in [1.54, 1.807) is 0 Å². The highest BCUT2D eigenvalue weighted by molar-refractivity contribution is 5.76. The number of carboxylic acid groups (broad SMARTS) is 1. The highest BCUT2D eigenvalue weighted by Crippen LogP contribution is 2.22. The van der Waals surface area contributed by atoms with Crippen LogP contribution in [0.15, 0.2) is 0 Å². The molecule has 5 heteroatoms. The zero-order chi connectivity index (χ0) is 14.4. The highest BCUT2D eigenvalue weighted by atomic mass is 16.5. The molecule has 0 aromatic rings. The lowest BCUT2D eigenvalue weighted by molar-refractivity contribution is -0.138. The van der Waals surface area contributed by atoms with Gasteiger partial charge in [-0.25, -0.2) is 0 Å². The average molecular weight is 283 g/mol. The summed E-state index contributed by atoms with van der Waals surface area (Å²) in [7, 11) is 0. The van der Waals surface area contributed by atoms with E-state index in [-0.39, 0.29) is 24.3 Å². The SMILES string of the molecule is O=C(O)CC1CCN(C(=O)CCC2CCCCO2)CC1. The molecule has 0 spiro atoms. The highest BCUT2D eigenvalue weighted by Gasteiger charge is 2.25. The van der Waals surface area contributed by atoms with E-state index in [0.717, 1.165) is 38.7 Å². The van der Waals surface area contributed by atoms with Crippen molar-refractivity contribution in [1.82, 2.24) is 4.90 Å². The average Bonchev–Trinajstić information content (AvgIpc) is 2.46. The zero-order valence-electron chi connectivity index (χ0n) is 12.1. The summed E-state index contributed by atoms with van der Waals surface area (Å²) in [5, 5.41) is 8.77. The Hall–Kier alpha value is -1.10. The van der Waals surface area contributed by atoms with E-state index >= 15 is 0 Å². The third-order valence-electron chi connectivity index (χ3n) is 4.38. The summed E-state index contributed by atoms with van der Waals surface area (Å²) >= 11 is 0. The second-order valence-electron chi connectivity index (χ2n) is 5.95. The predicted molar refractivity (Wildman–Crippen MR) is 74.4 cm³/mol. The van der Waals surface area contributed by atoms with Crippen molar-refractivity contribution in [2.24, 2.45) is 5.92 Å². The van der Waals surface area contributed by atoms with Crippen LogP contribution in [0.2, 0.25) is 0 Å². The number of hydrogen-bond donors (Lipinski definition) is 1. The lowest BCUT2D eigenvalue weighted by atomic mass is 9.93. The lowest BCUT2D eigenvalue weighted by Gasteiger charge is -2.32. The molecule has 0 aliphatic carbocycles. The molecule has 20 heavy (non-hydrogen) atoms. The Morgan fingerprint density at radius 2 is 1.90 bits per heavy atom. The molecule has 0 bridgehead atoms. The van der Waals surface area contributed by atoms with Gasteiger partial charge in [-0.05, 0) is 44.4 Å². The summed E-state index contributed by atoms with van der Waals surface area (Å²) in [5.74, 6) is -0.296. The van der Waals surface area contributed by atoms with Gasteiger partial charge in [0.15, 0.2) is 0 Å². The van der Waals surface area contributed by atoms with Gasteiger partial charge in [-0.1, -0.05) is 0 Å². The number of rotatable bonds is 5. The van der Waals surface area contributed by atoms with Crippen LogP contribution in [0.5, 0.6) is 0 Å². The number of amides is 1. The van der Waals surface area contributed by atoms with Gasteiger partial charge in [0.1, 0.15) is 0 Å². The van der Waals surface area contributed by atoms with E-state index in [2.05, 4.69) is 0 Å². The Morgan fingerprint density at radius 3 is 2.50 bits per heavy atom. The van der Waals surface area contributed by atoms with Gasteiger partial charge < -0.3 is 14.7 Å². The number of carboxylic acids is 1. The van der Waals surface area contributed by atoms with Gasteiger partial charge in [0.25, 0.3) is 0 Å². The summed E-state index contributed by atoms with van der Waals surface area (Å²) in [6.45, 7) is 2.25. The van der Waals surface area contributed by atoms with E-state index in [1.807, 2.05) is 4.90 Å². The molecule has 0 aromatic carbocycles. The van der Waals surface area contributed by atoms with Crippen molar-refractivity contribution < 1.29 is 19.4 Å². The van der Waals surface area contributed by atoms with Crippen molar-refractivity contribution in [2.75, 3.05) is 19.7 Å². The number of ether oxygens (including phenoxy) is 1. The van der Waals surface area contributed by atoms with Gasteiger partial charge in [0.2, 0.25) is 5.91 Å². The summed E-state index contributed by atoms with van der Waals surface area (Å²) in [6, 6.07) is 0. The molecule has 1 atom stereocenters. The number of aliphatic carboxylic acids is 1. The lowest BCUT2D eigenvalue weighted by Crippen LogP contribution is -2.39. The van der Waals surface area contributed by atoms with Crippen molar-refractivity contribution in [3.63, 3.8) is 0 Å². The van der Waals surface area contributed by atoms with Crippen LogP contribution in [0.3, 0.4) is 0 Å². The molecule has 2 rings (SSSR count). The molecule has 2 saturated heterocycles. The first kappa shape index (κ1) is 15.3. The van der Waals surface area contributed by atoms with Crippen molar-refractivity contribution in [2.45, 2.75) is 57.5 Å². The van der Waals surface area contributed by atoms with Crippen LogP contribution >= 0.6 is 0 Å². The summed E-state index contributed by atoms with van der Waals surface area (Å²) in [4.78, 5) is 24.7. The van der Waals surface area contributed by atoms with Gasteiger partial charge in [0.05, 0.1) is 6.10 Å². The number of hydrogen-bond acceptors (Lipinski definition) is 3. The largest absolute Gasteiger partial charge is 0.481 e. The molecule has 0 radical (unpaired) electrons. The molecule has 0 aromatic heterocycles. The van der Waals surface area contributed by atoms with Gasteiger partial charge in [-0.2, -0.15) is 0 Å². The van der Waals surface area contributed by atoms with E-state index in [4.69, 9.17) is 9.84 Å². The van der Waals surface area contributed by atoms with Gasteiger partial charge in [-0.3, -0.25) is 9.59 Å². The van der Waals surface area contributed by atoms with Crippen molar-refractivity contribution >= 4 is 11.9 Å². The smallest absolute Gasteiger partial charge is 0.303 e. The summed E-state index contributed by atoms with van der Waals surface area (Å²) in [6.07, 6.45) is 6.95. The van der Waals surface area contributed by atoms with Crippen molar-refractivity contribution in [1.29, 1.82) is 0 Å². The first-order valence-corrected chi connectivity index (χ1v) is 7.76. The number of carbonyl (C=O) groups is 2. The van der Waals surface area contributed by atoms with Crippen LogP contribution in [0.25, 0.3) is 0 Å². The third kappa shape index (κ3) is 4.78. The van der Waals surface area contributed by atoms with Crippen LogP contribution in [-0.2, 0) is 14.3 Å². The van der Waals surface area contributed by atoms with Crippen LogP contribution < -0.4 is 0 Å². The normalized spacial score (nSPS) is 24.6. The second-order valence-corrected chi connectivity index (χ2v) is 5.95. The summed E-state index contributed by atoms with van der Waals surface area (Å²) in [5.41, 5.74) is 0. The molecule has 2 fully saturated rings. The molecule has 114 valence electrons. The maximum absolute atomic E-state index is 12.1. The fourth-order valence-electron chi connectivity index (χ4n) is 3.11. The van der Waals surface area contributed by atoms with Crippen molar-refractivity contribution in [3.8, 4) is 0 Å². The minimum atomic E-state index is -0.732. The van der Waals surface area contributed by atoms with Crippen LogP contribution in [-0.4, -0.2) is 47.7 Å². The molecule has 1 N–H and O–H groups in total. The molecule has 1 amide bonds. The first-order chi connectivity index (χ1) is 9.65. The topological polar surface area (TPSA) is 66.8 Å². The van der Waals surface area contributed by atoms with Gasteiger partial charge >= 0.3 is 5.97 Å². The number of piperidine rings is 1. The van der Waals surface area contributed by atoms with E-state index in [0.29, 0.717) is 19.5 Å². The number of likely N-dealkylation sites (tertiary alicyclic amines) is 1. The van der Waals surface area contributed by atoms with E-state index in [9.17, 15) is 9.59 Å². The molecule has 0 saturated carbocycles. The Balaban J connectivity index is 1.65. The molecule has 1 unspecified atom stereocenters. The number of carbonyl (C=O) groups excluding carboxylic acids is 1. The molecular weight excluding hydrogens is 258 g/mol. The maximum Gasteiger partial charge on any atom is 0.303 e. The standard InChI is InChI=1S/C15H25NO4/c17-14(5-4-13-3-1-2-10-20-13)16-8-6-12(7-9-16)11-15(18)19/h12-13H,1-11H2,(H,18,19). The Bertz CT molecular complexity index is 331. The fraction of sp³-hybridized carbons (Fsp3) is 0.867. The number of nitrogens with zero attached hydrogens (tertiary/aromatic N) is 1. The second kappa shape index (κ2) is 7.62. The molecule has 2 aliphatic rings. The maximum atomic E-state index is 12.1. The predicted octanol–water partition coefficient (Wildman–Crippen LogP) is 2.05. The minimum Gasteiger partial charge on any atom is -0.481 e. The molecule has 5 nitrogen and oxygen atoms in total. The van der Waals surface area contributed by atoms with Gasteiger partial charge in [0, 0.05) is 32.5 Å². The fourth-order valence-corrected chi connectivity index (χ4v) is 3.11. The third-order valence-corrected chi connectivity index (χ3v) is 4.38. The monoisotopic (exact) mass is 283 g/mol. The van der Waals surface area contributed by atoms with Crippen LogP contribution in [0.4, 0.5) is 0 Å². The minimum absolute atomic E-state index is 0.202. The zero-order valence-corrected chi connectivity index (χ0v) is 12.1. The van der Waals surface area contributed by atoms with E-state index in [1.165, 1.54) is 6.42 Å². The summed E-state index contributed by atoms with van der Waals surface area (Å²) < 4.78 is 5.64. The Labute approximate surface area is 120 Å². The Kier molecular flexibility index (Phi) is 5.83. The first-order valence-electron chi connectivity index (χ1n) is 7.76. The quantitative estimate of drug-likeness (QED) is 0.838. The van der Waals surface area contributed by atoms with Crippen LogP contribution in [0.1, 0.15) is 51.4 Å². The van der Waals surface area contributed by atoms with Gasteiger partial charge in [-0.15, -0.1) is 0 Å². The van der Waals surface area contributed by atoms with Crippen LogP contribution in [0, 0.1) is 5.92 Å². The van der Waals surface area contributed by atoms with Crippen molar-refractivity contribution in [3.05, 3.63) is 0 Å². The van der Waals surface area contributed by atoms with E-state index < -0.39 is 5.97 Å². The molecular formula is C15H25NO4. The Morgan fingerprint density at radius 1 is 1.15 bits per heavy atom.